The quantitative estimate of drug-likeness (QED) is 0.313. The lowest BCUT2D eigenvalue weighted by molar-refractivity contribution is -0.141. The lowest BCUT2D eigenvalue weighted by atomic mass is 9.85. The highest BCUT2D eigenvalue weighted by atomic mass is 32.2. The molecule has 56 heavy (non-hydrogen) atoms. The molecule has 17 nitrogen and oxygen atoms in total. The summed E-state index contributed by atoms with van der Waals surface area (Å²) < 4.78 is 67.1. The van der Waals surface area contributed by atoms with Gasteiger partial charge in [-0.15, -0.1) is 15.3 Å². The third-order valence-corrected chi connectivity index (χ3v) is 12.9. The number of sulfonamides is 1. The third-order valence-electron chi connectivity index (χ3n) is 11.1. The van der Waals surface area contributed by atoms with E-state index in [0.717, 1.165) is 49.8 Å². The molecule has 7 rings (SSSR count). The monoisotopic (exact) mass is 802 g/mol. The highest BCUT2D eigenvalue weighted by Gasteiger charge is 2.67. The second-order valence-electron chi connectivity index (χ2n) is 16.3. The van der Waals surface area contributed by atoms with Crippen LogP contribution in [0.15, 0.2) is 22.6 Å². The largest absolute Gasteiger partial charge is 0.496 e. The van der Waals surface area contributed by atoms with Crippen molar-refractivity contribution in [3.05, 3.63) is 29.7 Å². The van der Waals surface area contributed by atoms with Gasteiger partial charge in [0.05, 0.1) is 24.3 Å². The van der Waals surface area contributed by atoms with Crippen LogP contribution >= 0.6 is 0 Å². The zero-order valence-electron chi connectivity index (χ0n) is 31.8. The van der Waals surface area contributed by atoms with E-state index in [4.69, 9.17) is 9.15 Å². The number of amides is 3. The number of aryl methyl sites for hydroxylation is 2. The number of tetrazole rings is 1. The Morgan fingerprint density at radius 2 is 1.80 bits per heavy atom. The molecular weight excluding hydrogens is 755 g/mol. The van der Waals surface area contributed by atoms with E-state index in [1.54, 1.807) is 7.11 Å². The van der Waals surface area contributed by atoms with Gasteiger partial charge in [0.15, 0.2) is 0 Å². The normalized spacial score (nSPS) is 26.1. The first-order valence-electron chi connectivity index (χ1n) is 19.1. The van der Waals surface area contributed by atoms with Crippen molar-refractivity contribution in [1.82, 2.24) is 45.3 Å². The summed E-state index contributed by atoms with van der Waals surface area (Å²) in [5.74, 6) is -2.84. The topological polar surface area (TPSA) is 216 Å². The van der Waals surface area contributed by atoms with Crippen molar-refractivity contribution >= 4 is 33.8 Å². The molecule has 1 aromatic carbocycles. The van der Waals surface area contributed by atoms with Crippen LogP contribution in [0.1, 0.15) is 96.1 Å². The molecule has 2 saturated carbocycles. The Hall–Kier alpha value is -4.75. The zero-order valence-corrected chi connectivity index (χ0v) is 32.7. The van der Waals surface area contributed by atoms with E-state index in [1.807, 2.05) is 43.7 Å². The summed E-state index contributed by atoms with van der Waals surface area (Å²) in [5, 5.41) is 26.3. The molecule has 4 heterocycles. The van der Waals surface area contributed by atoms with E-state index in [9.17, 15) is 31.6 Å². The van der Waals surface area contributed by atoms with E-state index in [1.165, 1.54) is 9.70 Å². The number of alkyl halides is 2. The predicted octanol–water partition coefficient (Wildman–Crippen LogP) is 3.20. The summed E-state index contributed by atoms with van der Waals surface area (Å²) in [4.78, 5) is 45.0. The first-order valence-corrected chi connectivity index (χ1v) is 20.7. The summed E-state index contributed by atoms with van der Waals surface area (Å²) in [5.41, 5.74) is -1.28. The van der Waals surface area contributed by atoms with E-state index in [0.29, 0.717) is 36.5 Å². The Kier molecular flexibility index (Phi) is 10.8. The molecule has 2 aliphatic carbocycles. The van der Waals surface area contributed by atoms with Crippen LogP contribution in [0.25, 0.3) is 11.4 Å². The maximum absolute atomic E-state index is 14.7. The number of benzene rings is 1. The van der Waals surface area contributed by atoms with Crippen LogP contribution in [-0.4, -0.2) is 104 Å². The molecule has 3 amide bonds. The fraction of sp³-hybridized carbons (Fsp3) is 0.667. The number of carbonyl (C=O) groups excluding carboxylic acids is 3. The van der Waals surface area contributed by atoms with Gasteiger partial charge in [-0.2, -0.15) is 4.80 Å². The van der Waals surface area contributed by atoms with Gasteiger partial charge in [-0.3, -0.25) is 19.1 Å². The number of nitrogens with one attached hydrogen (secondary N) is 3. The first-order chi connectivity index (χ1) is 26.6. The van der Waals surface area contributed by atoms with Crippen LogP contribution in [0.3, 0.4) is 0 Å². The van der Waals surface area contributed by atoms with E-state index < -0.39 is 80.8 Å². The van der Waals surface area contributed by atoms with Crippen LogP contribution in [0.5, 0.6) is 5.75 Å². The molecule has 304 valence electrons. The Labute approximate surface area is 323 Å². The van der Waals surface area contributed by atoms with Gasteiger partial charge in [-0.05, 0) is 72.9 Å². The van der Waals surface area contributed by atoms with Gasteiger partial charge in [0.25, 0.3) is 5.91 Å². The minimum atomic E-state index is -4.11. The highest BCUT2D eigenvalue weighted by molar-refractivity contribution is 7.91. The number of nitrogens with zero attached hydrogens (tertiary/aromatic N) is 7. The molecule has 3 aromatic rings. The molecule has 4 aliphatic rings. The number of anilines is 1. The van der Waals surface area contributed by atoms with Crippen molar-refractivity contribution in [3.8, 4) is 17.1 Å². The molecule has 3 fully saturated rings. The fourth-order valence-electron chi connectivity index (χ4n) is 7.59. The van der Waals surface area contributed by atoms with Gasteiger partial charge in [0, 0.05) is 24.9 Å². The Morgan fingerprint density at radius 1 is 1.07 bits per heavy atom. The number of hydrogen-bond acceptors (Lipinski definition) is 13. The van der Waals surface area contributed by atoms with Gasteiger partial charge in [-0.25, -0.2) is 17.2 Å². The lowest BCUT2D eigenvalue weighted by Crippen LogP contribution is -2.59. The van der Waals surface area contributed by atoms with Crippen molar-refractivity contribution in [2.45, 2.75) is 127 Å². The predicted molar refractivity (Wildman–Crippen MR) is 196 cm³/mol. The molecule has 20 heteroatoms. The van der Waals surface area contributed by atoms with Gasteiger partial charge in [0.2, 0.25) is 40.0 Å². The second kappa shape index (κ2) is 15.3. The number of methoxy groups -OCH3 is 1. The minimum Gasteiger partial charge on any atom is -0.496 e. The van der Waals surface area contributed by atoms with Gasteiger partial charge < -0.3 is 24.7 Å². The number of aromatic nitrogens is 6. The standard InChI is InChI=1S/C36H48F2N10O7S/c1-35(2,3)28-32(50)47-19-22(17-25(47)31(49)40-36(18-24(36)29(37)38)33(51)45-56(52,53)23-13-14-23)48-44-30(42-46-48)21-12-15-26(54-4)20(16-21)10-8-6-5-7-9-11-27-41-43-34(39-28)55-27/h12,15-16,22-25,28-29H,5-11,13-14,17-19H2,1-4H3,(H,39,43)(H,40,49)(H,45,51)/t22-,24+,25+,28-,36-/m1/s1. The van der Waals surface area contributed by atoms with Gasteiger partial charge in [0.1, 0.15) is 23.4 Å². The average Bonchev–Trinajstić information content (AvgIpc) is 3.95. The average molecular weight is 803 g/mol. The van der Waals surface area contributed by atoms with Crippen molar-refractivity contribution in [1.29, 1.82) is 0 Å². The molecule has 0 radical (unpaired) electrons. The van der Waals surface area contributed by atoms with Gasteiger partial charge in [-0.1, -0.05) is 45.1 Å². The summed E-state index contributed by atoms with van der Waals surface area (Å²) in [6.45, 7) is 5.37. The number of rotatable bonds is 7. The molecule has 1 saturated heterocycles. The maximum atomic E-state index is 14.7. The van der Waals surface area contributed by atoms with Crippen molar-refractivity contribution < 1.29 is 40.7 Å². The molecule has 0 spiro atoms. The fourth-order valence-corrected chi connectivity index (χ4v) is 8.96. The molecular formula is C36H48F2N10O7S. The van der Waals surface area contributed by atoms with E-state index in [2.05, 4.69) is 36.2 Å². The number of carbonyl (C=O) groups is 3. The minimum absolute atomic E-state index is 0.0232. The summed E-state index contributed by atoms with van der Waals surface area (Å²) >= 11 is 0. The Balaban J connectivity index is 1.22. The van der Waals surface area contributed by atoms with Crippen molar-refractivity contribution in [2.24, 2.45) is 11.3 Å². The smallest absolute Gasteiger partial charge is 0.316 e. The van der Waals surface area contributed by atoms with Crippen LogP contribution in [-0.2, 0) is 37.2 Å². The van der Waals surface area contributed by atoms with Crippen LogP contribution in [0, 0.1) is 11.3 Å². The summed E-state index contributed by atoms with van der Waals surface area (Å²) in [6.07, 6.45) is 3.17. The zero-order chi connectivity index (χ0) is 40.0. The van der Waals surface area contributed by atoms with Crippen molar-refractivity contribution in [2.75, 3.05) is 19.0 Å². The molecule has 0 unspecified atom stereocenters. The van der Waals surface area contributed by atoms with Crippen molar-refractivity contribution in [3.63, 3.8) is 0 Å². The number of halogens is 2. The van der Waals surface area contributed by atoms with E-state index in [-0.39, 0.29) is 19.0 Å². The van der Waals surface area contributed by atoms with E-state index >= 15 is 0 Å². The first kappa shape index (κ1) is 39.5. The highest BCUT2D eigenvalue weighted by Crippen LogP contribution is 2.48. The third kappa shape index (κ3) is 8.20. The molecule has 3 N–H and O–H groups in total. The number of hydrogen-bond donors (Lipinski definition) is 3. The Bertz CT molecular complexity index is 2070. The molecule has 5 atom stereocenters. The SMILES string of the molecule is COc1ccc2cc1CCCCCCCc1nnc(o1)N[C@@H](C(C)(C)C)C(=O)N1C[C@@H](C[C@H]1C(=O)N[C@]1(C(=O)NS(=O)(=O)C3CC3)C[C@H]1C(F)F)n1nnc-2n1. The van der Waals surface area contributed by atoms with Gasteiger partial charge >= 0.3 is 6.01 Å². The van der Waals surface area contributed by atoms with Crippen LogP contribution < -0.4 is 20.1 Å². The Morgan fingerprint density at radius 3 is 2.48 bits per heavy atom. The molecule has 2 aromatic heterocycles. The van der Waals surface area contributed by atoms with Crippen LogP contribution in [0.4, 0.5) is 14.8 Å². The second-order valence-corrected chi connectivity index (χ2v) is 18.3. The maximum Gasteiger partial charge on any atom is 0.316 e. The molecule has 8 bridgehead atoms. The lowest BCUT2D eigenvalue weighted by Gasteiger charge is -2.35. The summed E-state index contributed by atoms with van der Waals surface area (Å²) in [7, 11) is -2.50. The number of ether oxygens (including phenoxy) is 1. The van der Waals surface area contributed by atoms with Crippen LogP contribution in [0.2, 0.25) is 0 Å². The summed E-state index contributed by atoms with van der Waals surface area (Å²) in [6, 6.07) is 2.64. The number of fused-ring (bicyclic) bond motifs is 10. The molecule has 2 aliphatic heterocycles.